The van der Waals surface area contributed by atoms with E-state index in [0.717, 1.165) is 25.2 Å². The van der Waals surface area contributed by atoms with Crippen LogP contribution in [0.1, 0.15) is 24.8 Å². The normalized spacial score (nSPS) is 30.2. The Bertz CT molecular complexity index is 336. The van der Waals surface area contributed by atoms with E-state index in [4.69, 9.17) is 0 Å². The maximum Gasteiger partial charge on any atom is 0.0253 e. The van der Waals surface area contributed by atoms with Crippen LogP contribution < -0.4 is 5.32 Å². The molecule has 0 amide bonds. The monoisotopic (exact) mass is 216 g/mol. The molecular formula is C14H20N2. The predicted octanol–water partition coefficient (Wildman–Crippen LogP) is 2.01. The lowest BCUT2D eigenvalue weighted by molar-refractivity contribution is 0.129. The standard InChI is InChI=1S/C14H20N2/c1-2-5-12(6-3-1)11-16-10-9-15-13-7-4-8-14(13)16/h1-3,5-6,13-15H,4,7-11H2. The third-order valence-corrected chi connectivity index (χ3v) is 3.98. The van der Waals surface area contributed by atoms with Gasteiger partial charge < -0.3 is 5.32 Å². The Hall–Kier alpha value is -0.860. The SMILES string of the molecule is c1ccc(CN2CCNC3CCCC32)cc1. The fraction of sp³-hybridized carbons (Fsp3) is 0.571. The van der Waals surface area contributed by atoms with Crippen LogP contribution in [0.4, 0.5) is 0 Å². The molecule has 1 N–H and O–H groups in total. The van der Waals surface area contributed by atoms with Crippen LogP contribution in [0.3, 0.4) is 0 Å². The minimum absolute atomic E-state index is 0.762. The summed E-state index contributed by atoms with van der Waals surface area (Å²) >= 11 is 0. The number of fused-ring (bicyclic) bond motifs is 1. The van der Waals surface area contributed by atoms with E-state index in [-0.39, 0.29) is 0 Å². The van der Waals surface area contributed by atoms with Gasteiger partial charge in [0.25, 0.3) is 0 Å². The minimum Gasteiger partial charge on any atom is -0.311 e. The van der Waals surface area contributed by atoms with Crippen LogP contribution in [-0.4, -0.2) is 30.1 Å². The Morgan fingerprint density at radius 2 is 2.06 bits per heavy atom. The number of hydrogen-bond acceptors (Lipinski definition) is 2. The molecule has 2 aliphatic rings. The maximum atomic E-state index is 3.66. The number of nitrogens with one attached hydrogen (secondary N) is 1. The third kappa shape index (κ3) is 2.00. The van der Waals surface area contributed by atoms with E-state index in [0.29, 0.717) is 0 Å². The Labute approximate surface area is 97.6 Å². The van der Waals surface area contributed by atoms with Crippen LogP contribution in [0.5, 0.6) is 0 Å². The van der Waals surface area contributed by atoms with Gasteiger partial charge in [-0.2, -0.15) is 0 Å². The van der Waals surface area contributed by atoms with Gasteiger partial charge in [0.1, 0.15) is 0 Å². The van der Waals surface area contributed by atoms with E-state index in [9.17, 15) is 0 Å². The van der Waals surface area contributed by atoms with Crippen molar-refractivity contribution in [3.8, 4) is 0 Å². The number of benzene rings is 1. The Balaban J connectivity index is 1.70. The zero-order valence-electron chi connectivity index (χ0n) is 9.73. The van der Waals surface area contributed by atoms with E-state index in [1.807, 2.05) is 0 Å². The second kappa shape index (κ2) is 4.56. The zero-order valence-corrected chi connectivity index (χ0v) is 9.73. The Kier molecular flexibility index (Phi) is 2.94. The summed E-state index contributed by atoms with van der Waals surface area (Å²) in [6, 6.07) is 12.4. The highest BCUT2D eigenvalue weighted by atomic mass is 15.2. The number of rotatable bonds is 2. The van der Waals surface area contributed by atoms with Gasteiger partial charge in [-0.1, -0.05) is 36.8 Å². The molecule has 3 rings (SSSR count). The highest BCUT2D eigenvalue weighted by Gasteiger charge is 2.34. The second-order valence-corrected chi connectivity index (χ2v) is 5.01. The summed E-state index contributed by atoms with van der Waals surface area (Å²) in [7, 11) is 0. The molecule has 1 aliphatic carbocycles. The first-order chi connectivity index (χ1) is 7.93. The van der Waals surface area contributed by atoms with Gasteiger partial charge in [-0.05, 0) is 18.4 Å². The summed E-state index contributed by atoms with van der Waals surface area (Å²) in [5.74, 6) is 0. The quantitative estimate of drug-likeness (QED) is 0.813. The molecule has 2 fully saturated rings. The lowest BCUT2D eigenvalue weighted by atomic mass is 10.1. The fourth-order valence-electron chi connectivity index (χ4n) is 3.19. The van der Waals surface area contributed by atoms with Crippen LogP contribution in [0.2, 0.25) is 0 Å². The lowest BCUT2D eigenvalue weighted by Crippen LogP contribution is -2.54. The molecule has 2 nitrogen and oxygen atoms in total. The number of nitrogens with zero attached hydrogens (tertiary/aromatic N) is 1. The first-order valence-corrected chi connectivity index (χ1v) is 6.45. The van der Waals surface area contributed by atoms with Gasteiger partial charge >= 0.3 is 0 Å². The molecule has 2 atom stereocenters. The first kappa shape index (κ1) is 10.3. The van der Waals surface area contributed by atoms with Gasteiger partial charge in [0, 0.05) is 31.7 Å². The largest absolute Gasteiger partial charge is 0.311 e. The topological polar surface area (TPSA) is 15.3 Å². The summed E-state index contributed by atoms with van der Waals surface area (Å²) < 4.78 is 0. The molecular weight excluding hydrogens is 196 g/mol. The average Bonchev–Trinajstić information content (AvgIpc) is 2.80. The minimum atomic E-state index is 0.762. The smallest absolute Gasteiger partial charge is 0.0253 e. The van der Waals surface area contributed by atoms with Crippen molar-refractivity contribution in [2.24, 2.45) is 0 Å². The Morgan fingerprint density at radius 3 is 2.94 bits per heavy atom. The van der Waals surface area contributed by atoms with Crippen LogP contribution in [0.25, 0.3) is 0 Å². The highest BCUT2D eigenvalue weighted by Crippen LogP contribution is 2.27. The summed E-state index contributed by atoms with van der Waals surface area (Å²) in [5.41, 5.74) is 1.45. The Morgan fingerprint density at radius 1 is 1.19 bits per heavy atom. The maximum absolute atomic E-state index is 3.66. The van der Waals surface area contributed by atoms with Crippen molar-refractivity contribution in [3.63, 3.8) is 0 Å². The van der Waals surface area contributed by atoms with E-state index >= 15 is 0 Å². The van der Waals surface area contributed by atoms with E-state index in [1.165, 1.54) is 31.4 Å². The van der Waals surface area contributed by atoms with Crippen molar-refractivity contribution in [2.45, 2.75) is 37.9 Å². The summed E-state index contributed by atoms with van der Waals surface area (Å²) in [5, 5.41) is 3.66. The molecule has 1 heterocycles. The van der Waals surface area contributed by atoms with Crippen LogP contribution in [0.15, 0.2) is 30.3 Å². The highest BCUT2D eigenvalue weighted by molar-refractivity contribution is 5.15. The summed E-state index contributed by atoms with van der Waals surface area (Å²) in [6.07, 6.45) is 4.15. The first-order valence-electron chi connectivity index (χ1n) is 6.45. The van der Waals surface area contributed by atoms with E-state index < -0.39 is 0 Å². The van der Waals surface area contributed by atoms with Crippen molar-refractivity contribution in [3.05, 3.63) is 35.9 Å². The van der Waals surface area contributed by atoms with Gasteiger partial charge in [-0.25, -0.2) is 0 Å². The summed E-state index contributed by atoms with van der Waals surface area (Å²) in [6.45, 7) is 3.49. The molecule has 1 saturated heterocycles. The molecule has 0 aromatic heterocycles. The molecule has 0 bridgehead atoms. The molecule has 1 aliphatic heterocycles. The molecule has 1 aromatic carbocycles. The van der Waals surface area contributed by atoms with Gasteiger partial charge in [-0.3, -0.25) is 4.90 Å². The van der Waals surface area contributed by atoms with Crippen molar-refractivity contribution >= 4 is 0 Å². The zero-order chi connectivity index (χ0) is 10.8. The van der Waals surface area contributed by atoms with Crippen molar-refractivity contribution in [1.82, 2.24) is 10.2 Å². The van der Waals surface area contributed by atoms with E-state index in [2.05, 4.69) is 40.5 Å². The molecule has 16 heavy (non-hydrogen) atoms. The van der Waals surface area contributed by atoms with Gasteiger partial charge in [-0.15, -0.1) is 0 Å². The molecule has 0 radical (unpaired) electrons. The lowest BCUT2D eigenvalue weighted by Gasteiger charge is -2.38. The number of piperazine rings is 1. The molecule has 1 saturated carbocycles. The van der Waals surface area contributed by atoms with Crippen LogP contribution >= 0.6 is 0 Å². The summed E-state index contributed by atoms with van der Waals surface area (Å²) in [4.78, 5) is 2.67. The molecule has 0 spiro atoms. The molecule has 2 unspecified atom stereocenters. The van der Waals surface area contributed by atoms with Crippen molar-refractivity contribution < 1.29 is 0 Å². The van der Waals surface area contributed by atoms with Crippen LogP contribution in [0, 0.1) is 0 Å². The van der Waals surface area contributed by atoms with Crippen molar-refractivity contribution in [1.29, 1.82) is 0 Å². The van der Waals surface area contributed by atoms with Crippen LogP contribution in [-0.2, 0) is 6.54 Å². The molecule has 86 valence electrons. The second-order valence-electron chi connectivity index (χ2n) is 5.01. The van der Waals surface area contributed by atoms with E-state index in [1.54, 1.807) is 0 Å². The van der Waals surface area contributed by atoms with Gasteiger partial charge in [0.2, 0.25) is 0 Å². The van der Waals surface area contributed by atoms with Gasteiger partial charge in [0.15, 0.2) is 0 Å². The molecule has 2 heteroatoms. The van der Waals surface area contributed by atoms with Gasteiger partial charge in [0.05, 0.1) is 0 Å². The van der Waals surface area contributed by atoms with Crippen molar-refractivity contribution in [2.75, 3.05) is 13.1 Å². The fourth-order valence-corrected chi connectivity index (χ4v) is 3.19. The number of hydrogen-bond donors (Lipinski definition) is 1. The predicted molar refractivity (Wildman–Crippen MR) is 66.3 cm³/mol. The average molecular weight is 216 g/mol. The molecule has 1 aromatic rings. The third-order valence-electron chi connectivity index (χ3n) is 3.98.